The molecular formula is C20H16N4O5S. The van der Waals surface area contributed by atoms with Gasteiger partial charge in [0.1, 0.15) is 0 Å². The number of carboxylic acid groups (broad SMARTS) is 1. The van der Waals surface area contributed by atoms with E-state index in [1.807, 2.05) is 6.92 Å². The van der Waals surface area contributed by atoms with Crippen LogP contribution >= 0.6 is 11.3 Å². The maximum absolute atomic E-state index is 12.7. The number of thiazole rings is 1. The standard InChI is InChI=1S/C20H16N4O5S/c1-2-28-15-9-12(3-4-14(15)29-11-17(25)26)10-16-19(27)24-20(30-16)22-18(23-24)13-5-7-21-8-6-13/h3-10H,2,11H2,1H3,(H,25,26)/b16-10-. The van der Waals surface area contributed by atoms with Crippen molar-refractivity contribution in [2.24, 2.45) is 0 Å². The van der Waals surface area contributed by atoms with Crippen molar-refractivity contribution in [3.63, 3.8) is 0 Å². The Morgan fingerprint density at radius 1 is 1.20 bits per heavy atom. The van der Waals surface area contributed by atoms with E-state index in [9.17, 15) is 9.59 Å². The van der Waals surface area contributed by atoms with Crippen LogP contribution in [0.4, 0.5) is 0 Å². The van der Waals surface area contributed by atoms with Crippen LogP contribution in [0, 0.1) is 0 Å². The summed E-state index contributed by atoms with van der Waals surface area (Å²) in [5.41, 5.74) is 1.22. The normalized spacial score (nSPS) is 11.7. The zero-order valence-corrected chi connectivity index (χ0v) is 16.6. The third-order valence-electron chi connectivity index (χ3n) is 4.04. The molecule has 10 heteroatoms. The van der Waals surface area contributed by atoms with E-state index in [0.717, 1.165) is 5.56 Å². The Balaban J connectivity index is 1.69. The van der Waals surface area contributed by atoms with Gasteiger partial charge >= 0.3 is 5.97 Å². The highest BCUT2D eigenvalue weighted by molar-refractivity contribution is 7.15. The van der Waals surface area contributed by atoms with Crippen LogP contribution in [0.15, 0.2) is 47.5 Å². The van der Waals surface area contributed by atoms with Crippen molar-refractivity contribution in [1.82, 2.24) is 19.6 Å². The summed E-state index contributed by atoms with van der Waals surface area (Å²) >= 11 is 1.23. The number of fused-ring (bicyclic) bond motifs is 1. The summed E-state index contributed by atoms with van der Waals surface area (Å²) in [5, 5.41) is 13.1. The van der Waals surface area contributed by atoms with Gasteiger partial charge in [-0.25, -0.2) is 4.79 Å². The molecule has 3 heterocycles. The monoisotopic (exact) mass is 424 g/mol. The molecule has 0 fully saturated rings. The first-order chi connectivity index (χ1) is 14.5. The predicted octanol–water partition coefficient (Wildman–Crippen LogP) is 1.62. The molecule has 4 aromatic rings. The zero-order chi connectivity index (χ0) is 21.1. The van der Waals surface area contributed by atoms with Crippen molar-refractivity contribution in [2.45, 2.75) is 6.92 Å². The molecule has 1 aromatic carbocycles. The lowest BCUT2D eigenvalue weighted by Gasteiger charge is -2.11. The Labute approximate surface area is 173 Å². The van der Waals surface area contributed by atoms with Crippen LogP contribution in [-0.2, 0) is 4.79 Å². The lowest BCUT2D eigenvalue weighted by molar-refractivity contribution is -0.139. The molecule has 9 nitrogen and oxygen atoms in total. The second kappa shape index (κ2) is 8.29. The first-order valence-electron chi connectivity index (χ1n) is 8.98. The van der Waals surface area contributed by atoms with E-state index in [-0.39, 0.29) is 5.56 Å². The van der Waals surface area contributed by atoms with Gasteiger partial charge in [0, 0.05) is 18.0 Å². The third kappa shape index (κ3) is 3.98. The summed E-state index contributed by atoms with van der Waals surface area (Å²) in [6.45, 7) is 1.73. The smallest absolute Gasteiger partial charge is 0.341 e. The first kappa shape index (κ1) is 19.5. The molecule has 0 spiro atoms. The van der Waals surface area contributed by atoms with E-state index in [1.54, 1.807) is 48.8 Å². The second-order valence-electron chi connectivity index (χ2n) is 6.10. The van der Waals surface area contributed by atoms with Crippen LogP contribution in [0.3, 0.4) is 0 Å². The maximum Gasteiger partial charge on any atom is 0.341 e. The molecule has 0 aliphatic rings. The average Bonchev–Trinajstić information content (AvgIpc) is 3.28. The highest BCUT2D eigenvalue weighted by Crippen LogP contribution is 2.28. The van der Waals surface area contributed by atoms with E-state index in [1.165, 1.54) is 15.9 Å². The van der Waals surface area contributed by atoms with Gasteiger partial charge in [-0.15, -0.1) is 5.10 Å². The lowest BCUT2D eigenvalue weighted by Crippen LogP contribution is -2.23. The molecule has 152 valence electrons. The molecule has 4 rings (SSSR count). The highest BCUT2D eigenvalue weighted by Gasteiger charge is 2.13. The van der Waals surface area contributed by atoms with Crippen LogP contribution in [-0.4, -0.2) is 43.9 Å². The number of nitrogens with zero attached hydrogens (tertiary/aromatic N) is 4. The van der Waals surface area contributed by atoms with E-state index in [2.05, 4.69) is 15.1 Å². The fourth-order valence-corrected chi connectivity index (χ4v) is 3.66. The van der Waals surface area contributed by atoms with Crippen LogP contribution < -0.4 is 19.6 Å². The quantitative estimate of drug-likeness (QED) is 0.476. The van der Waals surface area contributed by atoms with Crippen LogP contribution in [0.5, 0.6) is 11.5 Å². The molecule has 0 bridgehead atoms. The van der Waals surface area contributed by atoms with Gasteiger partial charge in [0.25, 0.3) is 5.56 Å². The molecule has 1 N–H and O–H groups in total. The summed E-state index contributed by atoms with van der Waals surface area (Å²) in [6.07, 6.45) is 4.99. The van der Waals surface area contributed by atoms with E-state index in [0.29, 0.717) is 39.0 Å². The van der Waals surface area contributed by atoms with Gasteiger partial charge < -0.3 is 14.6 Å². The minimum Gasteiger partial charge on any atom is -0.490 e. The molecular weight excluding hydrogens is 408 g/mol. The molecule has 0 aliphatic heterocycles. The van der Waals surface area contributed by atoms with Crippen LogP contribution in [0.25, 0.3) is 22.4 Å². The van der Waals surface area contributed by atoms with Crippen molar-refractivity contribution >= 4 is 28.3 Å². The van der Waals surface area contributed by atoms with E-state index < -0.39 is 12.6 Å². The summed E-state index contributed by atoms with van der Waals surface area (Å²) in [7, 11) is 0. The van der Waals surface area contributed by atoms with Crippen LogP contribution in [0.2, 0.25) is 0 Å². The second-order valence-corrected chi connectivity index (χ2v) is 7.11. The minimum absolute atomic E-state index is 0.271. The van der Waals surface area contributed by atoms with Crippen LogP contribution in [0.1, 0.15) is 12.5 Å². The number of pyridine rings is 1. The Kier molecular flexibility index (Phi) is 5.40. The Hall–Kier alpha value is -3.79. The molecule has 0 aliphatic carbocycles. The number of aromatic nitrogens is 4. The van der Waals surface area contributed by atoms with Crippen molar-refractivity contribution in [3.05, 3.63) is 63.2 Å². The third-order valence-corrected chi connectivity index (χ3v) is 5.00. The van der Waals surface area contributed by atoms with Crippen molar-refractivity contribution in [3.8, 4) is 22.9 Å². The zero-order valence-electron chi connectivity index (χ0n) is 15.8. The molecule has 0 unspecified atom stereocenters. The van der Waals surface area contributed by atoms with Gasteiger partial charge in [0.15, 0.2) is 23.9 Å². The highest BCUT2D eigenvalue weighted by atomic mass is 32.1. The van der Waals surface area contributed by atoms with Crippen molar-refractivity contribution in [1.29, 1.82) is 0 Å². The number of benzene rings is 1. The molecule has 0 amide bonds. The molecule has 0 saturated carbocycles. The number of carbonyl (C=O) groups is 1. The number of rotatable bonds is 7. The fraction of sp³-hybridized carbons (Fsp3) is 0.150. The van der Waals surface area contributed by atoms with E-state index in [4.69, 9.17) is 14.6 Å². The number of carboxylic acids is 1. The molecule has 0 saturated heterocycles. The van der Waals surface area contributed by atoms with Gasteiger partial charge in [0.05, 0.1) is 11.1 Å². The predicted molar refractivity (Wildman–Crippen MR) is 110 cm³/mol. The number of hydrogen-bond donors (Lipinski definition) is 1. The van der Waals surface area contributed by atoms with Gasteiger partial charge in [-0.05, 0) is 42.8 Å². The number of aliphatic carboxylic acids is 1. The van der Waals surface area contributed by atoms with Gasteiger partial charge in [-0.2, -0.15) is 9.50 Å². The maximum atomic E-state index is 12.7. The molecule has 0 atom stereocenters. The largest absolute Gasteiger partial charge is 0.490 e. The minimum atomic E-state index is -1.08. The molecule has 0 radical (unpaired) electrons. The van der Waals surface area contributed by atoms with Gasteiger partial charge in [-0.3, -0.25) is 9.78 Å². The first-order valence-corrected chi connectivity index (χ1v) is 9.80. The molecule has 30 heavy (non-hydrogen) atoms. The fourth-order valence-electron chi connectivity index (χ4n) is 2.75. The summed E-state index contributed by atoms with van der Waals surface area (Å²) in [5.74, 6) is 0.110. The number of hydrogen-bond acceptors (Lipinski definition) is 8. The topological polar surface area (TPSA) is 116 Å². The summed E-state index contributed by atoms with van der Waals surface area (Å²) < 4.78 is 12.5. The SMILES string of the molecule is CCOc1cc(/C=c2\sc3nc(-c4ccncc4)nn3c2=O)ccc1OCC(=O)O. The Bertz CT molecular complexity index is 1320. The van der Waals surface area contributed by atoms with Gasteiger partial charge in [-0.1, -0.05) is 17.4 Å². The Morgan fingerprint density at radius 2 is 2.00 bits per heavy atom. The van der Waals surface area contributed by atoms with Gasteiger partial charge in [0.2, 0.25) is 4.96 Å². The summed E-state index contributed by atoms with van der Waals surface area (Å²) in [6, 6.07) is 8.58. The van der Waals surface area contributed by atoms with Crippen molar-refractivity contribution < 1.29 is 19.4 Å². The van der Waals surface area contributed by atoms with E-state index >= 15 is 0 Å². The Morgan fingerprint density at radius 3 is 2.70 bits per heavy atom. The summed E-state index contributed by atoms with van der Waals surface area (Å²) in [4.78, 5) is 32.4. The van der Waals surface area contributed by atoms with Crippen molar-refractivity contribution in [2.75, 3.05) is 13.2 Å². The lowest BCUT2D eigenvalue weighted by atomic mass is 10.2. The number of ether oxygens (including phenoxy) is 2. The molecule has 3 aromatic heterocycles. The average molecular weight is 424 g/mol.